The molecule has 1 aliphatic rings. The number of aryl methyl sites for hydroxylation is 1. The topological polar surface area (TPSA) is 20.3 Å². The molecule has 1 amide bonds. The average Bonchev–Trinajstić information content (AvgIpc) is 2.68. The summed E-state index contributed by atoms with van der Waals surface area (Å²) in [6, 6.07) is 14.4. The Balaban J connectivity index is 1.95. The molecule has 1 heterocycles. The SMILES string of the molecule is Cc1ccccc1CN1C(=O)Cc2cc(I)ccc21. The van der Waals surface area contributed by atoms with Crippen molar-refractivity contribution in [1.82, 2.24) is 0 Å². The van der Waals surface area contributed by atoms with Gasteiger partial charge in [-0.25, -0.2) is 0 Å². The van der Waals surface area contributed by atoms with Crippen LogP contribution < -0.4 is 4.90 Å². The molecule has 0 saturated carbocycles. The van der Waals surface area contributed by atoms with Crippen LogP contribution in [0.4, 0.5) is 5.69 Å². The number of hydrogen-bond donors (Lipinski definition) is 0. The number of hydrogen-bond acceptors (Lipinski definition) is 1. The molecule has 0 radical (unpaired) electrons. The van der Waals surface area contributed by atoms with Gasteiger partial charge in [-0.2, -0.15) is 0 Å². The van der Waals surface area contributed by atoms with Crippen molar-refractivity contribution in [3.05, 3.63) is 62.7 Å². The van der Waals surface area contributed by atoms with E-state index in [2.05, 4.69) is 59.8 Å². The summed E-state index contributed by atoms with van der Waals surface area (Å²) in [7, 11) is 0. The fraction of sp³-hybridized carbons (Fsp3) is 0.188. The molecule has 1 aliphatic heterocycles. The van der Waals surface area contributed by atoms with Crippen LogP contribution in [0.5, 0.6) is 0 Å². The minimum Gasteiger partial charge on any atom is -0.307 e. The first-order valence-corrected chi connectivity index (χ1v) is 7.36. The van der Waals surface area contributed by atoms with Crippen LogP contribution in [0.15, 0.2) is 42.5 Å². The average molecular weight is 363 g/mol. The van der Waals surface area contributed by atoms with E-state index in [-0.39, 0.29) is 5.91 Å². The quantitative estimate of drug-likeness (QED) is 0.746. The summed E-state index contributed by atoms with van der Waals surface area (Å²) < 4.78 is 1.18. The van der Waals surface area contributed by atoms with Gasteiger partial charge < -0.3 is 4.90 Å². The number of carbonyl (C=O) groups is 1. The number of amides is 1. The van der Waals surface area contributed by atoms with E-state index in [0.29, 0.717) is 13.0 Å². The lowest BCUT2D eigenvalue weighted by Crippen LogP contribution is -2.26. The van der Waals surface area contributed by atoms with Gasteiger partial charge in [-0.15, -0.1) is 0 Å². The molecule has 0 fully saturated rings. The zero-order valence-electron chi connectivity index (χ0n) is 10.7. The number of fused-ring (bicyclic) bond motifs is 1. The molecule has 0 aromatic heterocycles. The van der Waals surface area contributed by atoms with Crippen LogP contribution in [-0.4, -0.2) is 5.91 Å². The largest absolute Gasteiger partial charge is 0.307 e. The van der Waals surface area contributed by atoms with Crippen LogP contribution in [0, 0.1) is 10.5 Å². The van der Waals surface area contributed by atoms with Crippen LogP contribution >= 0.6 is 22.6 Å². The fourth-order valence-electron chi connectivity index (χ4n) is 2.48. The lowest BCUT2D eigenvalue weighted by molar-refractivity contribution is -0.117. The van der Waals surface area contributed by atoms with Gasteiger partial charge in [0.2, 0.25) is 5.91 Å². The molecule has 0 atom stereocenters. The van der Waals surface area contributed by atoms with Gasteiger partial charge in [-0.3, -0.25) is 4.79 Å². The summed E-state index contributed by atoms with van der Waals surface area (Å²) in [5.41, 5.74) is 4.65. The van der Waals surface area contributed by atoms with Crippen molar-refractivity contribution in [2.24, 2.45) is 0 Å². The van der Waals surface area contributed by atoms with Gasteiger partial charge in [-0.05, 0) is 64.4 Å². The number of benzene rings is 2. The van der Waals surface area contributed by atoms with E-state index in [1.165, 1.54) is 14.7 Å². The van der Waals surface area contributed by atoms with Crippen molar-refractivity contribution in [3.8, 4) is 0 Å². The second-order valence-electron chi connectivity index (χ2n) is 4.86. The first kappa shape index (κ1) is 12.7. The molecule has 96 valence electrons. The Hall–Kier alpha value is -1.36. The highest BCUT2D eigenvalue weighted by Gasteiger charge is 2.27. The van der Waals surface area contributed by atoms with Crippen molar-refractivity contribution in [2.75, 3.05) is 4.90 Å². The number of rotatable bonds is 2. The van der Waals surface area contributed by atoms with E-state index < -0.39 is 0 Å². The molecule has 19 heavy (non-hydrogen) atoms. The molecule has 2 aromatic rings. The van der Waals surface area contributed by atoms with Gasteiger partial charge in [0, 0.05) is 9.26 Å². The first-order valence-electron chi connectivity index (χ1n) is 6.28. The third-order valence-electron chi connectivity index (χ3n) is 3.56. The third kappa shape index (κ3) is 2.39. The van der Waals surface area contributed by atoms with Crippen LogP contribution in [0.2, 0.25) is 0 Å². The van der Waals surface area contributed by atoms with Gasteiger partial charge in [0.25, 0.3) is 0 Å². The maximum Gasteiger partial charge on any atom is 0.231 e. The van der Waals surface area contributed by atoms with Gasteiger partial charge >= 0.3 is 0 Å². The minimum atomic E-state index is 0.195. The highest BCUT2D eigenvalue weighted by atomic mass is 127. The van der Waals surface area contributed by atoms with E-state index >= 15 is 0 Å². The second kappa shape index (κ2) is 4.96. The summed E-state index contributed by atoms with van der Waals surface area (Å²) in [5, 5.41) is 0. The van der Waals surface area contributed by atoms with Crippen LogP contribution in [0.25, 0.3) is 0 Å². The Kier molecular flexibility index (Phi) is 3.31. The predicted octanol–water partition coefficient (Wildman–Crippen LogP) is 3.69. The lowest BCUT2D eigenvalue weighted by Gasteiger charge is -2.18. The smallest absolute Gasteiger partial charge is 0.231 e. The predicted molar refractivity (Wildman–Crippen MR) is 85.2 cm³/mol. The Morgan fingerprint density at radius 1 is 1.21 bits per heavy atom. The van der Waals surface area contributed by atoms with Crippen molar-refractivity contribution >= 4 is 34.2 Å². The van der Waals surface area contributed by atoms with Crippen LogP contribution in [0.1, 0.15) is 16.7 Å². The summed E-state index contributed by atoms with van der Waals surface area (Å²) in [6.07, 6.45) is 0.526. The standard InChI is InChI=1S/C16H14INO/c1-11-4-2-3-5-12(11)10-18-15-7-6-14(17)8-13(15)9-16(18)19/h2-8H,9-10H2,1H3. The van der Waals surface area contributed by atoms with Crippen molar-refractivity contribution in [3.63, 3.8) is 0 Å². The number of carbonyl (C=O) groups excluding carboxylic acids is 1. The van der Waals surface area contributed by atoms with Gasteiger partial charge in [0.1, 0.15) is 0 Å². The molecule has 2 aromatic carbocycles. The monoisotopic (exact) mass is 363 g/mol. The minimum absolute atomic E-state index is 0.195. The normalized spacial score (nSPS) is 13.8. The molecule has 0 N–H and O–H groups in total. The Morgan fingerprint density at radius 3 is 2.79 bits per heavy atom. The fourth-order valence-corrected chi connectivity index (χ4v) is 3.04. The summed E-state index contributed by atoms with van der Waals surface area (Å²) in [6.45, 7) is 2.75. The van der Waals surface area contributed by atoms with E-state index in [9.17, 15) is 4.79 Å². The highest BCUT2D eigenvalue weighted by Crippen LogP contribution is 2.31. The molecule has 0 bridgehead atoms. The molecule has 0 unspecified atom stereocenters. The van der Waals surface area contributed by atoms with Gasteiger partial charge in [-0.1, -0.05) is 24.3 Å². The highest BCUT2D eigenvalue weighted by molar-refractivity contribution is 14.1. The summed E-state index contributed by atoms with van der Waals surface area (Å²) in [4.78, 5) is 14.1. The van der Waals surface area contributed by atoms with E-state index in [4.69, 9.17) is 0 Å². The van der Waals surface area contributed by atoms with Gasteiger partial charge in [0.15, 0.2) is 0 Å². The maximum absolute atomic E-state index is 12.2. The molecular weight excluding hydrogens is 349 g/mol. The zero-order valence-corrected chi connectivity index (χ0v) is 12.8. The molecule has 0 spiro atoms. The third-order valence-corrected chi connectivity index (χ3v) is 4.24. The zero-order chi connectivity index (χ0) is 13.4. The Labute approximate surface area is 126 Å². The Morgan fingerprint density at radius 2 is 2.00 bits per heavy atom. The van der Waals surface area contributed by atoms with Gasteiger partial charge in [0.05, 0.1) is 13.0 Å². The second-order valence-corrected chi connectivity index (χ2v) is 6.10. The van der Waals surface area contributed by atoms with Crippen molar-refractivity contribution in [2.45, 2.75) is 19.9 Å². The first-order chi connectivity index (χ1) is 9.15. The van der Waals surface area contributed by atoms with Crippen LogP contribution in [-0.2, 0) is 17.8 Å². The summed E-state index contributed by atoms with van der Waals surface area (Å²) in [5.74, 6) is 0.195. The number of anilines is 1. The molecule has 3 heteroatoms. The maximum atomic E-state index is 12.2. The lowest BCUT2D eigenvalue weighted by atomic mass is 10.1. The van der Waals surface area contributed by atoms with E-state index in [0.717, 1.165) is 11.3 Å². The number of halogens is 1. The molecule has 3 rings (SSSR count). The van der Waals surface area contributed by atoms with Crippen molar-refractivity contribution < 1.29 is 4.79 Å². The molecule has 0 aliphatic carbocycles. The molecule has 2 nitrogen and oxygen atoms in total. The van der Waals surface area contributed by atoms with Crippen LogP contribution in [0.3, 0.4) is 0 Å². The van der Waals surface area contributed by atoms with E-state index in [1.807, 2.05) is 17.0 Å². The Bertz CT molecular complexity index is 651. The number of nitrogens with zero attached hydrogens (tertiary/aromatic N) is 1. The van der Waals surface area contributed by atoms with Crippen molar-refractivity contribution in [1.29, 1.82) is 0 Å². The molecule has 0 saturated heterocycles. The molecular formula is C16H14INO. The van der Waals surface area contributed by atoms with E-state index in [1.54, 1.807) is 0 Å². The summed E-state index contributed by atoms with van der Waals surface area (Å²) >= 11 is 2.29.